The fraction of sp³-hybridized carbons (Fsp3) is 0.552. The van der Waals surface area contributed by atoms with Crippen LogP contribution >= 0.6 is 0 Å². The van der Waals surface area contributed by atoms with E-state index in [4.69, 9.17) is 23.7 Å². The minimum Gasteiger partial charge on any atom is -0.379 e. The van der Waals surface area contributed by atoms with Gasteiger partial charge in [-0.25, -0.2) is 9.40 Å². The molecular formula is C29H34F4N2O6. The summed E-state index contributed by atoms with van der Waals surface area (Å²) in [6.07, 6.45) is -6.13. The lowest BCUT2D eigenvalue weighted by Gasteiger charge is -2.44. The Labute approximate surface area is 235 Å². The standard InChI is InChI=1S/C29H34F4N2O6/c1-27(2)40-24-16-28(26(36)34-35-10-12-37-13-11-35,39-18-20-4-3-5-21(14-20)29(31,32)33)15-23(25(24)41-27)38-17-19-6-8-22(30)9-7-19/h3-9,14,23-25H,10-13,15-18H2,1-2H3,(H,34,36)/t23?,24-,25+,28-/m1/s1. The lowest BCUT2D eigenvalue weighted by atomic mass is 9.78. The van der Waals surface area contributed by atoms with Crippen LogP contribution in [-0.2, 0) is 47.9 Å². The monoisotopic (exact) mass is 582 g/mol. The molecule has 0 radical (unpaired) electrons. The Morgan fingerprint density at radius 2 is 1.76 bits per heavy atom. The van der Waals surface area contributed by atoms with Gasteiger partial charge in [0.25, 0.3) is 5.91 Å². The molecule has 5 rings (SSSR count). The van der Waals surface area contributed by atoms with Crippen LogP contribution in [0.2, 0.25) is 0 Å². The number of carbonyl (C=O) groups excluding carboxylic acids is 1. The highest BCUT2D eigenvalue weighted by atomic mass is 19.4. The second-order valence-electron chi connectivity index (χ2n) is 11.0. The van der Waals surface area contributed by atoms with Crippen LogP contribution in [0, 0.1) is 5.82 Å². The topological polar surface area (TPSA) is 78.5 Å². The van der Waals surface area contributed by atoms with Crippen LogP contribution in [0.15, 0.2) is 48.5 Å². The molecular weight excluding hydrogens is 548 g/mol. The molecule has 0 aromatic heterocycles. The van der Waals surface area contributed by atoms with Crippen molar-refractivity contribution in [3.8, 4) is 0 Å². The highest BCUT2D eigenvalue weighted by Crippen LogP contribution is 2.44. The zero-order valence-electron chi connectivity index (χ0n) is 22.9. The third-order valence-corrected chi connectivity index (χ3v) is 7.48. The molecule has 1 amide bonds. The van der Waals surface area contributed by atoms with Crippen molar-refractivity contribution in [3.05, 3.63) is 71.0 Å². The van der Waals surface area contributed by atoms with E-state index in [0.29, 0.717) is 26.3 Å². The first kappa shape index (κ1) is 29.9. The Balaban J connectivity index is 1.42. The maximum absolute atomic E-state index is 14.0. The predicted octanol–water partition coefficient (Wildman–Crippen LogP) is 4.36. The van der Waals surface area contributed by atoms with Crippen molar-refractivity contribution in [2.75, 3.05) is 26.3 Å². The van der Waals surface area contributed by atoms with Gasteiger partial charge in [0, 0.05) is 25.9 Å². The number of hydrogen-bond acceptors (Lipinski definition) is 7. The molecule has 41 heavy (non-hydrogen) atoms. The van der Waals surface area contributed by atoms with E-state index in [1.165, 1.54) is 24.3 Å². The average molecular weight is 583 g/mol. The predicted molar refractivity (Wildman–Crippen MR) is 138 cm³/mol. The van der Waals surface area contributed by atoms with Crippen LogP contribution in [0.25, 0.3) is 0 Å². The molecule has 1 unspecified atom stereocenters. The quantitative estimate of drug-likeness (QED) is 0.464. The van der Waals surface area contributed by atoms with E-state index in [2.05, 4.69) is 5.43 Å². The molecule has 1 N–H and O–H groups in total. The Morgan fingerprint density at radius 1 is 1.02 bits per heavy atom. The summed E-state index contributed by atoms with van der Waals surface area (Å²) in [5.41, 5.74) is 1.60. The molecule has 2 aromatic carbocycles. The van der Waals surface area contributed by atoms with Gasteiger partial charge in [-0.1, -0.05) is 24.3 Å². The number of benzene rings is 2. The van der Waals surface area contributed by atoms with Gasteiger partial charge in [0.2, 0.25) is 0 Å². The molecule has 224 valence electrons. The molecule has 1 aliphatic carbocycles. The number of carbonyl (C=O) groups is 1. The zero-order chi connectivity index (χ0) is 29.3. The summed E-state index contributed by atoms with van der Waals surface area (Å²) in [6, 6.07) is 10.7. The van der Waals surface area contributed by atoms with Crippen LogP contribution in [0.4, 0.5) is 17.6 Å². The Bertz CT molecular complexity index is 1200. The summed E-state index contributed by atoms with van der Waals surface area (Å²) in [4.78, 5) is 14.0. The van der Waals surface area contributed by atoms with E-state index in [1.54, 1.807) is 31.0 Å². The minimum absolute atomic E-state index is 0.0595. The Hall–Kier alpha value is -2.61. The van der Waals surface area contributed by atoms with Crippen molar-refractivity contribution < 1.29 is 46.0 Å². The molecule has 0 bridgehead atoms. The maximum atomic E-state index is 14.0. The molecule has 8 nitrogen and oxygen atoms in total. The van der Waals surface area contributed by atoms with Gasteiger partial charge in [-0.2, -0.15) is 13.2 Å². The fourth-order valence-electron chi connectivity index (χ4n) is 5.47. The average Bonchev–Trinajstić information content (AvgIpc) is 3.25. The normalized spacial score (nSPS) is 28.3. The van der Waals surface area contributed by atoms with Gasteiger partial charge in [0.1, 0.15) is 11.9 Å². The molecule has 0 spiro atoms. The van der Waals surface area contributed by atoms with E-state index in [0.717, 1.165) is 17.7 Å². The third kappa shape index (κ3) is 7.25. The van der Waals surface area contributed by atoms with Crippen LogP contribution in [0.3, 0.4) is 0 Å². The van der Waals surface area contributed by atoms with Gasteiger partial charge in [-0.15, -0.1) is 0 Å². The van der Waals surface area contributed by atoms with E-state index in [1.807, 2.05) is 0 Å². The molecule has 2 heterocycles. The summed E-state index contributed by atoms with van der Waals surface area (Å²) in [6.45, 7) is 5.23. The number of nitrogens with one attached hydrogen (secondary N) is 1. The van der Waals surface area contributed by atoms with Crippen molar-refractivity contribution in [2.45, 2.75) is 75.8 Å². The number of nitrogens with zero attached hydrogens (tertiary/aromatic N) is 1. The summed E-state index contributed by atoms with van der Waals surface area (Å²) >= 11 is 0. The van der Waals surface area contributed by atoms with E-state index in [-0.39, 0.29) is 37.4 Å². The number of ether oxygens (including phenoxy) is 5. The van der Waals surface area contributed by atoms with E-state index >= 15 is 0 Å². The van der Waals surface area contributed by atoms with Gasteiger partial charge >= 0.3 is 6.18 Å². The van der Waals surface area contributed by atoms with Crippen LogP contribution < -0.4 is 5.43 Å². The van der Waals surface area contributed by atoms with Crippen molar-refractivity contribution in [2.24, 2.45) is 0 Å². The molecule has 1 saturated carbocycles. The van der Waals surface area contributed by atoms with Crippen LogP contribution in [0.1, 0.15) is 43.4 Å². The number of amides is 1. The molecule has 3 fully saturated rings. The number of halogens is 4. The lowest BCUT2D eigenvalue weighted by Crippen LogP contribution is -2.63. The van der Waals surface area contributed by atoms with E-state index < -0.39 is 47.3 Å². The van der Waals surface area contributed by atoms with Crippen molar-refractivity contribution in [1.82, 2.24) is 10.4 Å². The number of hydrazine groups is 1. The van der Waals surface area contributed by atoms with Gasteiger partial charge in [0.05, 0.1) is 44.2 Å². The second-order valence-corrected chi connectivity index (χ2v) is 11.0. The van der Waals surface area contributed by atoms with Crippen molar-refractivity contribution >= 4 is 5.91 Å². The first-order valence-electron chi connectivity index (χ1n) is 13.6. The zero-order valence-corrected chi connectivity index (χ0v) is 22.9. The molecule has 2 aromatic rings. The highest BCUT2D eigenvalue weighted by Gasteiger charge is 2.58. The number of morpholine rings is 1. The number of fused-ring (bicyclic) bond motifs is 1. The second kappa shape index (κ2) is 11.9. The van der Waals surface area contributed by atoms with Gasteiger partial charge < -0.3 is 23.7 Å². The molecule has 3 aliphatic rings. The number of rotatable bonds is 8. The third-order valence-electron chi connectivity index (χ3n) is 7.48. The number of hydrogen-bond donors (Lipinski definition) is 1. The summed E-state index contributed by atoms with van der Waals surface area (Å²) in [5.74, 6) is -1.78. The summed E-state index contributed by atoms with van der Waals surface area (Å²) in [5, 5.41) is 1.73. The molecule has 2 saturated heterocycles. The molecule has 4 atom stereocenters. The van der Waals surface area contributed by atoms with Gasteiger partial charge in [-0.3, -0.25) is 10.2 Å². The first-order valence-corrected chi connectivity index (χ1v) is 13.6. The summed E-state index contributed by atoms with van der Waals surface area (Å²) < 4.78 is 83.8. The fourth-order valence-corrected chi connectivity index (χ4v) is 5.47. The summed E-state index contributed by atoms with van der Waals surface area (Å²) in [7, 11) is 0. The molecule has 12 heteroatoms. The maximum Gasteiger partial charge on any atom is 0.416 e. The Kier molecular flexibility index (Phi) is 8.70. The van der Waals surface area contributed by atoms with Crippen LogP contribution in [0.5, 0.6) is 0 Å². The van der Waals surface area contributed by atoms with E-state index in [9.17, 15) is 22.4 Å². The first-order chi connectivity index (χ1) is 19.4. The SMILES string of the molecule is CC1(C)O[C@@H]2C[C@@](OCc3cccc(C(F)(F)F)c3)(C(=O)NN3CCOCC3)CC(OCc3ccc(F)cc3)[C@@H]2O1. The van der Waals surface area contributed by atoms with Crippen LogP contribution in [-0.4, -0.2) is 66.9 Å². The largest absolute Gasteiger partial charge is 0.416 e. The van der Waals surface area contributed by atoms with Gasteiger partial charge in [-0.05, 0) is 49.2 Å². The van der Waals surface area contributed by atoms with Crippen molar-refractivity contribution in [3.63, 3.8) is 0 Å². The minimum atomic E-state index is -4.51. The smallest absolute Gasteiger partial charge is 0.379 e. The highest BCUT2D eigenvalue weighted by molar-refractivity contribution is 5.85. The molecule has 2 aliphatic heterocycles. The van der Waals surface area contributed by atoms with Crippen molar-refractivity contribution in [1.29, 1.82) is 0 Å². The number of alkyl halides is 3. The van der Waals surface area contributed by atoms with Gasteiger partial charge in [0.15, 0.2) is 11.4 Å². The lowest BCUT2D eigenvalue weighted by molar-refractivity contribution is -0.187. The Morgan fingerprint density at radius 3 is 2.46 bits per heavy atom.